The molecule has 0 saturated carbocycles. The lowest BCUT2D eigenvalue weighted by atomic mass is 10.0. The van der Waals surface area contributed by atoms with Gasteiger partial charge in [0.15, 0.2) is 0 Å². The van der Waals surface area contributed by atoms with E-state index in [1.807, 2.05) is 46.7 Å². The van der Waals surface area contributed by atoms with Crippen LogP contribution >= 0.6 is 22.9 Å². The number of carbonyl (C=O) groups is 1. The highest BCUT2D eigenvalue weighted by Crippen LogP contribution is 2.30. The van der Waals surface area contributed by atoms with Crippen molar-refractivity contribution in [3.63, 3.8) is 0 Å². The Labute approximate surface area is 173 Å². The van der Waals surface area contributed by atoms with Gasteiger partial charge in [-0.25, -0.2) is 4.98 Å². The third-order valence-electron chi connectivity index (χ3n) is 4.83. The number of aromatic nitrogens is 1. The van der Waals surface area contributed by atoms with Crippen LogP contribution in [0.25, 0.3) is 11.1 Å². The Morgan fingerprint density at radius 1 is 1.11 bits per heavy atom. The monoisotopic (exact) mass is 412 g/mol. The Kier molecular flexibility index (Phi) is 5.93. The number of hydrogen-bond acceptors (Lipinski definition) is 4. The highest BCUT2D eigenvalue weighted by Gasteiger charge is 2.18. The molecule has 1 aliphatic heterocycles. The van der Waals surface area contributed by atoms with Gasteiger partial charge in [-0.3, -0.25) is 4.79 Å². The Hall–Kier alpha value is -2.37. The molecule has 2 heterocycles. The summed E-state index contributed by atoms with van der Waals surface area (Å²) in [6.07, 6.45) is 3.37. The highest BCUT2D eigenvalue weighted by molar-refractivity contribution is 7.07. The summed E-state index contributed by atoms with van der Waals surface area (Å²) in [5.74, 6) is 0.784. The molecule has 0 N–H and O–H groups in total. The number of likely N-dealkylation sites (tertiary alicyclic amines) is 1. The van der Waals surface area contributed by atoms with E-state index in [2.05, 4.69) is 4.98 Å². The van der Waals surface area contributed by atoms with E-state index in [9.17, 15) is 4.79 Å². The molecule has 0 aliphatic carbocycles. The number of carbonyl (C=O) groups excluding carboxylic acids is 1. The maximum Gasteiger partial charge on any atom is 0.253 e. The predicted molar refractivity (Wildman–Crippen MR) is 113 cm³/mol. The molecular weight excluding hydrogens is 392 g/mol. The molecule has 1 saturated heterocycles. The second-order valence-corrected chi connectivity index (χ2v) is 8.03. The maximum absolute atomic E-state index is 12.8. The molecule has 0 radical (unpaired) electrons. The fourth-order valence-electron chi connectivity index (χ4n) is 3.39. The zero-order chi connectivity index (χ0) is 19.3. The summed E-state index contributed by atoms with van der Waals surface area (Å²) in [7, 11) is 0. The molecule has 4 nitrogen and oxygen atoms in total. The number of nitrogens with zero attached hydrogens (tertiary/aromatic N) is 2. The fourth-order valence-corrected chi connectivity index (χ4v) is 4.16. The average molecular weight is 413 g/mol. The first-order valence-corrected chi connectivity index (χ1v) is 10.7. The van der Waals surface area contributed by atoms with Crippen LogP contribution in [0, 0.1) is 0 Å². The van der Waals surface area contributed by atoms with Gasteiger partial charge in [-0.05, 0) is 60.7 Å². The normalized spacial score (nSPS) is 14.1. The lowest BCUT2D eigenvalue weighted by Gasteiger charge is -2.26. The van der Waals surface area contributed by atoms with Gasteiger partial charge >= 0.3 is 0 Å². The molecule has 0 bridgehead atoms. The van der Waals surface area contributed by atoms with Gasteiger partial charge in [0.2, 0.25) is 0 Å². The van der Waals surface area contributed by atoms with Gasteiger partial charge in [0.25, 0.3) is 5.91 Å². The number of rotatable bonds is 5. The molecule has 6 heteroatoms. The smallest absolute Gasteiger partial charge is 0.253 e. The van der Waals surface area contributed by atoms with E-state index in [4.69, 9.17) is 16.3 Å². The maximum atomic E-state index is 12.8. The van der Waals surface area contributed by atoms with Crippen molar-refractivity contribution in [2.45, 2.75) is 25.9 Å². The van der Waals surface area contributed by atoms with Gasteiger partial charge < -0.3 is 9.64 Å². The molecule has 1 fully saturated rings. The minimum Gasteiger partial charge on any atom is -0.487 e. The molecule has 144 valence electrons. The fraction of sp³-hybridized carbons (Fsp3) is 0.273. The molecule has 0 unspecified atom stereocenters. The first-order valence-electron chi connectivity index (χ1n) is 9.39. The van der Waals surface area contributed by atoms with Gasteiger partial charge in [0.1, 0.15) is 12.4 Å². The summed E-state index contributed by atoms with van der Waals surface area (Å²) in [5.41, 5.74) is 5.26. The molecule has 3 aromatic rings. The van der Waals surface area contributed by atoms with Crippen molar-refractivity contribution in [2.75, 3.05) is 13.1 Å². The van der Waals surface area contributed by atoms with Crippen LogP contribution in [0.1, 0.15) is 35.3 Å². The van der Waals surface area contributed by atoms with Crippen molar-refractivity contribution in [2.24, 2.45) is 0 Å². The van der Waals surface area contributed by atoms with Crippen molar-refractivity contribution >= 4 is 28.8 Å². The number of benzene rings is 2. The summed E-state index contributed by atoms with van der Waals surface area (Å²) in [4.78, 5) is 19.0. The minimum atomic E-state index is 0.101. The van der Waals surface area contributed by atoms with Crippen LogP contribution in [0.5, 0.6) is 5.75 Å². The lowest BCUT2D eigenvalue weighted by Crippen LogP contribution is -2.35. The van der Waals surface area contributed by atoms with Crippen molar-refractivity contribution < 1.29 is 9.53 Å². The van der Waals surface area contributed by atoms with E-state index in [1.165, 1.54) is 6.42 Å². The molecule has 2 aromatic carbocycles. The average Bonchev–Trinajstić information content (AvgIpc) is 3.26. The lowest BCUT2D eigenvalue weighted by molar-refractivity contribution is 0.0724. The van der Waals surface area contributed by atoms with Gasteiger partial charge in [-0.2, -0.15) is 0 Å². The molecule has 0 spiro atoms. The molecule has 1 aromatic heterocycles. The molecule has 1 aliphatic rings. The van der Waals surface area contributed by atoms with Crippen LogP contribution in [-0.4, -0.2) is 28.9 Å². The van der Waals surface area contributed by atoms with E-state index < -0.39 is 0 Å². The van der Waals surface area contributed by atoms with Gasteiger partial charge in [-0.15, -0.1) is 11.3 Å². The third-order valence-corrected chi connectivity index (χ3v) is 5.68. The van der Waals surface area contributed by atoms with Crippen LogP contribution in [0.3, 0.4) is 0 Å². The Morgan fingerprint density at radius 2 is 1.96 bits per heavy atom. The third kappa shape index (κ3) is 4.54. The molecule has 28 heavy (non-hydrogen) atoms. The van der Waals surface area contributed by atoms with E-state index in [1.54, 1.807) is 22.9 Å². The van der Waals surface area contributed by atoms with Crippen LogP contribution in [0.15, 0.2) is 53.4 Å². The Balaban J connectivity index is 1.55. The van der Waals surface area contributed by atoms with Crippen LogP contribution < -0.4 is 4.74 Å². The number of halogens is 1. The van der Waals surface area contributed by atoms with Crippen LogP contribution in [0.2, 0.25) is 5.02 Å². The Morgan fingerprint density at radius 3 is 2.75 bits per heavy atom. The standard InChI is InChI=1S/C22H21ClN2O2S/c23-19-10-18(11-21(12-19)27-13-20-14-28-15-24-20)16-5-4-6-17(9-16)22(26)25-7-2-1-3-8-25/h4-6,9-12,14-15H,1-3,7-8,13H2. The zero-order valence-corrected chi connectivity index (χ0v) is 17.0. The second kappa shape index (κ2) is 8.76. The highest BCUT2D eigenvalue weighted by atomic mass is 35.5. The SMILES string of the molecule is O=C(c1cccc(-c2cc(Cl)cc(OCc3cscn3)c2)c1)N1CCCCC1. The van der Waals surface area contributed by atoms with Crippen LogP contribution in [0.4, 0.5) is 0 Å². The second-order valence-electron chi connectivity index (χ2n) is 6.88. The molecule has 1 amide bonds. The van der Waals surface area contributed by atoms with Crippen molar-refractivity contribution in [3.05, 3.63) is 69.6 Å². The van der Waals surface area contributed by atoms with Gasteiger partial charge in [-0.1, -0.05) is 23.7 Å². The summed E-state index contributed by atoms with van der Waals surface area (Å²) in [5, 5.41) is 2.56. The van der Waals surface area contributed by atoms with Crippen molar-refractivity contribution in [3.8, 4) is 16.9 Å². The number of amides is 1. The number of piperidine rings is 1. The summed E-state index contributed by atoms with van der Waals surface area (Å²) < 4.78 is 5.85. The number of ether oxygens (including phenoxy) is 1. The first-order chi connectivity index (χ1) is 13.7. The minimum absolute atomic E-state index is 0.101. The first kappa shape index (κ1) is 19.0. The molecule has 0 atom stereocenters. The predicted octanol–water partition coefficient (Wildman–Crippen LogP) is 5.67. The van der Waals surface area contributed by atoms with E-state index in [0.717, 1.165) is 42.8 Å². The largest absolute Gasteiger partial charge is 0.487 e. The van der Waals surface area contributed by atoms with E-state index in [0.29, 0.717) is 22.9 Å². The van der Waals surface area contributed by atoms with E-state index in [-0.39, 0.29) is 5.91 Å². The topological polar surface area (TPSA) is 42.4 Å². The Bertz CT molecular complexity index is 953. The van der Waals surface area contributed by atoms with Crippen molar-refractivity contribution in [1.82, 2.24) is 9.88 Å². The quantitative estimate of drug-likeness (QED) is 0.542. The van der Waals surface area contributed by atoms with E-state index >= 15 is 0 Å². The van der Waals surface area contributed by atoms with Gasteiger partial charge in [0, 0.05) is 29.1 Å². The summed E-state index contributed by atoms with van der Waals surface area (Å²) in [6.45, 7) is 2.08. The summed E-state index contributed by atoms with van der Waals surface area (Å²) in [6, 6.07) is 13.4. The van der Waals surface area contributed by atoms with Crippen molar-refractivity contribution in [1.29, 1.82) is 0 Å². The number of hydrogen-bond donors (Lipinski definition) is 0. The zero-order valence-electron chi connectivity index (χ0n) is 15.4. The summed E-state index contributed by atoms with van der Waals surface area (Å²) >= 11 is 7.86. The van der Waals surface area contributed by atoms with Crippen LogP contribution in [-0.2, 0) is 6.61 Å². The molecule has 4 rings (SSSR count). The number of thiazole rings is 1. The molecular formula is C22H21ClN2O2S. The van der Waals surface area contributed by atoms with Gasteiger partial charge in [0.05, 0.1) is 11.2 Å².